The summed E-state index contributed by atoms with van der Waals surface area (Å²) in [4.78, 5) is -0.0119. The summed E-state index contributed by atoms with van der Waals surface area (Å²) in [5.41, 5.74) is 2.16. The maximum atomic E-state index is 11.4. The molecule has 0 fully saturated rings. The van der Waals surface area contributed by atoms with Crippen LogP contribution in [0.5, 0.6) is 0 Å². The molecule has 108 valence electrons. The molecular formula is C16H20O3S. The summed E-state index contributed by atoms with van der Waals surface area (Å²) < 4.78 is 32.1. The highest BCUT2D eigenvalue weighted by Gasteiger charge is 2.13. The Bertz CT molecular complexity index is 718. The smallest absolute Gasteiger partial charge is 0.282 e. The topological polar surface area (TPSA) is 54.4 Å². The standard InChI is InChI=1S/C16H20O3S/c1-3-5-12-7-8-16-13(6-4-2)10-15(20(17,18)19)11-14(16)9-12/h7-11H,3-6H2,1-2H3,(H,17,18,19). The molecule has 2 aromatic rings. The Morgan fingerprint density at radius 2 is 1.70 bits per heavy atom. The fraction of sp³-hybridized carbons (Fsp3) is 0.375. The zero-order valence-electron chi connectivity index (χ0n) is 11.9. The second-order valence-corrected chi connectivity index (χ2v) is 6.53. The molecule has 0 radical (unpaired) electrons. The number of benzene rings is 2. The molecule has 0 aliphatic heterocycles. The first-order valence-electron chi connectivity index (χ1n) is 6.98. The quantitative estimate of drug-likeness (QED) is 0.848. The number of rotatable bonds is 5. The van der Waals surface area contributed by atoms with Gasteiger partial charge in [0.15, 0.2) is 0 Å². The highest BCUT2D eigenvalue weighted by Crippen LogP contribution is 2.26. The van der Waals surface area contributed by atoms with E-state index < -0.39 is 10.1 Å². The fourth-order valence-corrected chi connectivity index (χ4v) is 3.10. The number of hydrogen-bond acceptors (Lipinski definition) is 2. The lowest BCUT2D eigenvalue weighted by atomic mass is 9.98. The highest BCUT2D eigenvalue weighted by molar-refractivity contribution is 7.85. The summed E-state index contributed by atoms with van der Waals surface area (Å²) in [6.45, 7) is 4.17. The first-order chi connectivity index (χ1) is 9.45. The average Bonchev–Trinajstić information content (AvgIpc) is 2.38. The van der Waals surface area contributed by atoms with Crippen LogP contribution in [0.1, 0.15) is 37.8 Å². The zero-order chi connectivity index (χ0) is 14.8. The van der Waals surface area contributed by atoms with Crippen LogP contribution in [-0.4, -0.2) is 13.0 Å². The minimum atomic E-state index is -4.16. The van der Waals surface area contributed by atoms with Gasteiger partial charge in [-0.2, -0.15) is 8.42 Å². The molecule has 0 aliphatic carbocycles. The molecule has 0 aliphatic rings. The van der Waals surface area contributed by atoms with Crippen molar-refractivity contribution >= 4 is 20.9 Å². The Morgan fingerprint density at radius 3 is 2.30 bits per heavy atom. The highest BCUT2D eigenvalue weighted by atomic mass is 32.2. The Balaban J connectivity index is 2.68. The molecule has 20 heavy (non-hydrogen) atoms. The van der Waals surface area contributed by atoms with Gasteiger partial charge in [0, 0.05) is 0 Å². The molecule has 0 bridgehead atoms. The molecule has 2 aromatic carbocycles. The Morgan fingerprint density at radius 1 is 1.00 bits per heavy atom. The SMILES string of the molecule is CCCc1ccc2c(CCC)cc(S(=O)(=O)O)cc2c1. The molecule has 0 saturated carbocycles. The third-order valence-electron chi connectivity index (χ3n) is 3.43. The largest absolute Gasteiger partial charge is 0.294 e. The van der Waals surface area contributed by atoms with Gasteiger partial charge in [0.25, 0.3) is 10.1 Å². The van der Waals surface area contributed by atoms with E-state index in [2.05, 4.69) is 26.0 Å². The predicted molar refractivity (Wildman–Crippen MR) is 81.8 cm³/mol. The van der Waals surface area contributed by atoms with E-state index in [0.717, 1.165) is 42.0 Å². The molecule has 0 atom stereocenters. The van der Waals surface area contributed by atoms with Gasteiger partial charge in [-0.05, 0) is 46.9 Å². The minimum absolute atomic E-state index is 0.0119. The van der Waals surface area contributed by atoms with Crippen molar-refractivity contribution in [2.24, 2.45) is 0 Å². The lowest BCUT2D eigenvalue weighted by molar-refractivity contribution is 0.483. The Labute approximate surface area is 120 Å². The van der Waals surface area contributed by atoms with Gasteiger partial charge in [-0.25, -0.2) is 0 Å². The normalized spacial score (nSPS) is 11.9. The predicted octanol–water partition coefficient (Wildman–Crippen LogP) is 3.99. The monoisotopic (exact) mass is 292 g/mol. The van der Waals surface area contributed by atoms with Crippen molar-refractivity contribution in [1.82, 2.24) is 0 Å². The number of hydrogen-bond donors (Lipinski definition) is 1. The lowest BCUT2D eigenvalue weighted by Gasteiger charge is -2.10. The van der Waals surface area contributed by atoms with Crippen LogP contribution in [0.4, 0.5) is 0 Å². The molecule has 4 heteroatoms. The molecular weight excluding hydrogens is 272 g/mol. The van der Waals surface area contributed by atoms with Gasteiger partial charge in [-0.3, -0.25) is 4.55 Å². The summed E-state index contributed by atoms with van der Waals surface area (Å²) in [6, 6.07) is 9.31. The third-order valence-corrected chi connectivity index (χ3v) is 4.26. The van der Waals surface area contributed by atoms with Crippen molar-refractivity contribution < 1.29 is 13.0 Å². The van der Waals surface area contributed by atoms with Crippen LogP contribution in [-0.2, 0) is 23.0 Å². The van der Waals surface area contributed by atoms with Crippen LogP contribution in [0.25, 0.3) is 10.8 Å². The van der Waals surface area contributed by atoms with Crippen LogP contribution in [0.15, 0.2) is 35.2 Å². The lowest BCUT2D eigenvalue weighted by Crippen LogP contribution is -2.00. The van der Waals surface area contributed by atoms with Gasteiger partial charge in [0.2, 0.25) is 0 Å². The molecule has 0 spiro atoms. The molecule has 0 unspecified atom stereocenters. The summed E-state index contributed by atoms with van der Waals surface area (Å²) in [5, 5.41) is 1.95. The molecule has 3 nitrogen and oxygen atoms in total. The van der Waals surface area contributed by atoms with E-state index >= 15 is 0 Å². The van der Waals surface area contributed by atoms with E-state index in [1.54, 1.807) is 12.1 Å². The minimum Gasteiger partial charge on any atom is -0.282 e. The summed E-state index contributed by atoms with van der Waals surface area (Å²) >= 11 is 0. The maximum absolute atomic E-state index is 11.4. The third kappa shape index (κ3) is 3.19. The van der Waals surface area contributed by atoms with E-state index in [-0.39, 0.29) is 4.90 Å². The van der Waals surface area contributed by atoms with Crippen molar-refractivity contribution in [1.29, 1.82) is 0 Å². The molecule has 0 aromatic heterocycles. The summed E-state index contributed by atoms with van der Waals surface area (Å²) in [7, 11) is -4.16. The number of fused-ring (bicyclic) bond motifs is 1. The van der Waals surface area contributed by atoms with Crippen LogP contribution in [0.2, 0.25) is 0 Å². The van der Waals surface area contributed by atoms with Gasteiger partial charge >= 0.3 is 0 Å². The molecule has 0 amide bonds. The van der Waals surface area contributed by atoms with Gasteiger partial charge in [0.05, 0.1) is 4.90 Å². The van der Waals surface area contributed by atoms with Gasteiger partial charge in [-0.15, -0.1) is 0 Å². The fourth-order valence-electron chi connectivity index (χ4n) is 2.54. The Kier molecular flexibility index (Phi) is 4.45. The molecule has 0 saturated heterocycles. The van der Waals surface area contributed by atoms with E-state index in [1.807, 2.05) is 6.07 Å². The van der Waals surface area contributed by atoms with Crippen molar-refractivity contribution in [3.05, 3.63) is 41.5 Å². The van der Waals surface area contributed by atoms with Crippen molar-refractivity contribution in [2.75, 3.05) is 0 Å². The molecule has 2 rings (SSSR count). The zero-order valence-corrected chi connectivity index (χ0v) is 12.7. The van der Waals surface area contributed by atoms with Crippen LogP contribution < -0.4 is 0 Å². The first-order valence-corrected chi connectivity index (χ1v) is 8.42. The van der Waals surface area contributed by atoms with Crippen molar-refractivity contribution in [3.8, 4) is 0 Å². The van der Waals surface area contributed by atoms with E-state index in [1.165, 1.54) is 5.56 Å². The molecule has 1 N–H and O–H groups in total. The molecule has 0 heterocycles. The van der Waals surface area contributed by atoms with Crippen LogP contribution >= 0.6 is 0 Å². The van der Waals surface area contributed by atoms with Crippen molar-refractivity contribution in [2.45, 2.75) is 44.4 Å². The Hall–Kier alpha value is -1.39. The first kappa shape index (κ1) is 15.0. The van der Waals surface area contributed by atoms with E-state index in [4.69, 9.17) is 0 Å². The van der Waals surface area contributed by atoms with Crippen molar-refractivity contribution in [3.63, 3.8) is 0 Å². The summed E-state index contributed by atoms with van der Waals surface area (Å²) in [5.74, 6) is 0. The second kappa shape index (κ2) is 5.94. The average molecular weight is 292 g/mol. The van der Waals surface area contributed by atoms with Crippen LogP contribution in [0.3, 0.4) is 0 Å². The van der Waals surface area contributed by atoms with Crippen LogP contribution in [0, 0.1) is 0 Å². The van der Waals surface area contributed by atoms with E-state index in [0.29, 0.717) is 0 Å². The maximum Gasteiger partial charge on any atom is 0.294 e. The summed E-state index contributed by atoms with van der Waals surface area (Å²) in [6.07, 6.45) is 3.74. The second-order valence-electron chi connectivity index (χ2n) is 5.11. The van der Waals surface area contributed by atoms with Gasteiger partial charge < -0.3 is 0 Å². The van der Waals surface area contributed by atoms with E-state index in [9.17, 15) is 13.0 Å². The number of aryl methyl sites for hydroxylation is 2. The van der Waals surface area contributed by atoms with Gasteiger partial charge in [0.1, 0.15) is 0 Å². The van der Waals surface area contributed by atoms with Gasteiger partial charge in [-0.1, -0.05) is 44.9 Å².